The Balaban J connectivity index is 1.75. The summed E-state index contributed by atoms with van der Waals surface area (Å²) in [5, 5.41) is 19.7. The van der Waals surface area contributed by atoms with Gasteiger partial charge in [-0.25, -0.2) is 8.78 Å². The standard InChI is InChI=1S/C18H17F2NO4/c19-13-6-12(7-14(20)9-13)17(23)18(24)21-4-5-25-16(10-21)11-2-1-3-15(22)8-11/h1-3,6-9,16-17,22-23H,4-5,10H2. The number of carbonyl (C=O) groups excluding carboxylic acids is 1. The van der Waals surface area contributed by atoms with Gasteiger partial charge >= 0.3 is 0 Å². The molecule has 1 aliphatic heterocycles. The van der Waals surface area contributed by atoms with E-state index >= 15 is 0 Å². The van der Waals surface area contributed by atoms with Gasteiger partial charge in [0.05, 0.1) is 13.2 Å². The third kappa shape index (κ3) is 3.94. The van der Waals surface area contributed by atoms with Crippen molar-refractivity contribution in [3.63, 3.8) is 0 Å². The monoisotopic (exact) mass is 349 g/mol. The molecule has 2 aromatic carbocycles. The van der Waals surface area contributed by atoms with E-state index < -0.39 is 29.7 Å². The Morgan fingerprint density at radius 2 is 1.92 bits per heavy atom. The predicted molar refractivity (Wildman–Crippen MR) is 84.7 cm³/mol. The van der Waals surface area contributed by atoms with E-state index in [1.807, 2.05) is 0 Å². The van der Waals surface area contributed by atoms with E-state index in [2.05, 4.69) is 0 Å². The number of ether oxygens (including phenoxy) is 1. The SMILES string of the molecule is O=C(C(O)c1cc(F)cc(F)c1)N1CCOC(c2cccc(O)c2)C1. The topological polar surface area (TPSA) is 70.0 Å². The van der Waals surface area contributed by atoms with Crippen LogP contribution in [0.4, 0.5) is 8.78 Å². The molecule has 0 radical (unpaired) electrons. The van der Waals surface area contributed by atoms with Crippen molar-refractivity contribution in [1.29, 1.82) is 0 Å². The second kappa shape index (κ2) is 7.16. The summed E-state index contributed by atoms with van der Waals surface area (Å²) >= 11 is 0. The second-order valence-electron chi connectivity index (χ2n) is 5.84. The maximum atomic E-state index is 13.3. The number of hydrogen-bond donors (Lipinski definition) is 2. The van der Waals surface area contributed by atoms with E-state index in [1.165, 1.54) is 17.0 Å². The molecule has 25 heavy (non-hydrogen) atoms. The van der Waals surface area contributed by atoms with Gasteiger partial charge in [-0.15, -0.1) is 0 Å². The number of amides is 1. The largest absolute Gasteiger partial charge is 0.508 e. The third-order valence-corrected chi connectivity index (χ3v) is 4.05. The number of aliphatic hydroxyl groups excluding tert-OH is 1. The second-order valence-corrected chi connectivity index (χ2v) is 5.84. The van der Waals surface area contributed by atoms with Gasteiger partial charge in [-0.1, -0.05) is 12.1 Å². The molecule has 1 amide bonds. The zero-order valence-electron chi connectivity index (χ0n) is 13.2. The van der Waals surface area contributed by atoms with Gasteiger partial charge in [0.2, 0.25) is 0 Å². The summed E-state index contributed by atoms with van der Waals surface area (Å²) in [6, 6.07) is 9.02. The Bertz CT molecular complexity index is 763. The molecule has 5 nitrogen and oxygen atoms in total. The lowest BCUT2D eigenvalue weighted by Gasteiger charge is -2.34. The van der Waals surface area contributed by atoms with Crippen molar-refractivity contribution in [2.75, 3.05) is 19.7 Å². The van der Waals surface area contributed by atoms with Crippen LogP contribution in [0.15, 0.2) is 42.5 Å². The van der Waals surface area contributed by atoms with Crippen LogP contribution in [0.5, 0.6) is 5.75 Å². The van der Waals surface area contributed by atoms with Crippen LogP contribution in [0.3, 0.4) is 0 Å². The number of rotatable bonds is 3. The van der Waals surface area contributed by atoms with Crippen LogP contribution < -0.4 is 0 Å². The highest BCUT2D eigenvalue weighted by molar-refractivity contribution is 5.82. The first-order valence-electron chi connectivity index (χ1n) is 7.77. The van der Waals surface area contributed by atoms with E-state index in [1.54, 1.807) is 12.1 Å². The quantitative estimate of drug-likeness (QED) is 0.892. The molecule has 0 spiro atoms. The number of benzene rings is 2. The fraction of sp³-hybridized carbons (Fsp3) is 0.278. The first-order chi connectivity index (χ1) is 11.9. The molecule has 2 atom stereocenters. The Morgan fingerprint density at radius 3 is 2.60 bits per heavy atom. The van der Waals surface area contributed by atoms with Crippen LogP contribution in [0.2, 0.25) is 0 Å². The molecule has 2 N–H and O–H groups in total. The van der Waals surface area contributed by atoms with Gasteiger partial charge in [0, 0.05) is 12.6 Å². The van der Waals surface area contributed by atoms with Crippen molar-refractivity contribution in [3.05, 3.63) is 65.2 Å². The molecule has 0 saturated carbocycles. The highest BCUT2D eigenvalue weighted by atomic mass is 19.1. The fourth-order valence-electron chi connectivity index (χ4n) is 2.82. The zero-order chi connectivity index (χ0) is 18.0. The molecule has 2 aromatic rings. The lowest BCUT2D eigenvalue weighted by atomic mass is 10.0. The highest BCUT2D eigenvalue weighted by Gasteiger charge is 2.30. The first-order valence-corrected chi connectivity index (χ1v) is 7.77. The molecule has 2 unspecified atom stereocenters. The molecule has 7 heteroatoms. The number of morpholine rings is 1. The number of aliphatic hydroxyl groups is 1. The maximum Gasteiger partial charge on any atom is 0.256 e. The van der Waals surface area contributed by atoms with Crippen LogP contribution in [-0.4, -0.2) is 40.7 Å². The predicted octanol–water partition coefficient (Wildman–Crippen LogP) is 2.30. The molecule has 1 aliphatic rings. The molecule has 3 rings (SSSR count). The number of phenolic OH excluding ortho intramolecular Hbond substituents is 1. The smallest absolute Gasteiger partial charge is 0.256 e. The van der Waals surface area contributed by atoms with Crippen molar-refractivity contribution >= 4 is 5.91 Å². The van der Waals surface area contributed by atoms with Crippen molar-refractivity contribution in [1.82, 2.24) is 4.90 Å². The number of halogens is 2. The Morgan fingerprint density at radius 1 is 1.20 bits per heavy atom. The molecular formula is C18H17F2NO4. The van der Waals surface area contributed by atoms with Gasteiger partial charge in [-0.05, 0) is 35.4 Å². The van der Waals surface area contributed by atoms with Crippen LogP contribution in [0.1, 0.15) is 23.3 Å². The van der Waals surface area contributed by atoms with Crippen molar-refractivity contribution < 1.29 is 28.5 Å². The highest BCUT2D eigenvalue weighted by Crippen LogP contribution is 2.27. The Kier molecular flexibility index (Phi) is 4.96. The van der Waals surface area contributed by atoms with Crippen LogP contribution in [0, 0.1) is 11.6 Å². The van der Waals surface area contributed by atoms with Crippen LogP contribution >= 0.6 is 0 Å². The van der Waals surface area contributed by atoms with Gasteiger partial charge in [0.15, 0.2) is 6.10 Å². The summed E-state index contributed by atoms with van der Waals surface area (Å²) in [7, 11) is 0. The molecule has 1 fully saturated rings. The van der Waals surface area contributed by atoms with Gasteiger partial charge < -0.3 is 19.8 Å². The maximum absolute atomic E-state index is 13.3. The molecular weight excluding hydrogens is 332 g/mol. The molecule has 0 aromatic heterocycles. The zero-order valence-corrected chi connectivity index (χ0v) is 13.2. The summed E-state index contributed by atoms with van der Waals surface area (Å²) in [4.78, 5) is 13.9. The lowest BCUT2D eigenvalue weighted by Crippen LogP contribution is -2.44. The van der Waals surface area contributed by atoms with E-state index in [4.69, 9.17) is 4.74 Å². The molecule has 132 valence electrons. The summed E-state index contributed by atoms with van der Waals surface area (Å²) in [5.41, 5.74) is 0.562. The molecule has 0 bridgehead atoms. The van der Waals surface area contributed by atoms with Crippen molar-refractivity contribution in [3.8, 4) is 5.75 Å². The third-order valence-electron chi connectivity index (χ3n) is 4.05. The molecule has 1 saturated heterocycles. The van der Waals surface area contributed by atoms with Crippen molar-refractivity contribution in [2.24, 2.45) is 0 Å². The van der Waals surface area contributed by atoms with E-state index in [-0.39, 0.29) is 31.0 Å². The average Bonchev–Trinajstić information content (AvgIpc) is 2.60. The van der Waals surface area contributed by atoms with Gasteiger partial charge in [0.25, 0.3) is 5.91 Å². The summed E-state index contributed by atoms with van der Waals surface area (Å²) in [5.74, 6) is -2.29. The average molecular weight is 349 g/mol. The van der Waals surface area contributed by atoms with Crippen molar-refractivity contribution in [2.45, 2.75) is 12.2 Å². The summed E-state index contributed by atoms with van der Waals surface area (Å²) < 4.78 is 32.2. The van der Waals surface area contributed by atoms with Gasteiger partial charge in [-0.3, -0.25) is 4.79 Å². The first kappa shape index (κ1) is 17.3. The van der Waals surface area contributed by atoms with Crippen LogP contribution in [0.25, 0.3) is 0 Å². The summed E-state index contributed by atoms with van der Waals surface area (Å²) in [6.45, 7) is 0.663. The Labute approximate surface area is 143 Å². The number of carbonyl (C=O) groups is 1. The molecule has 0 aliphatic carbocycles. The van der Waals surface area contributed by atoms with Gasteiger partial charge in [-0.2, -0.15) is 0 Å². The number of nitrogens with zero attached hydrogens (tertiary/aromatic N) is 1. The van der Waals surface area contributed by atoms with E-state index in [9.17, 15) is 23.8 Å². The van der Waals surface area contributed by atoms with E-state index in [0.29, 0.717) is 11.6 Å². The fourth-order valence-corrected chi connectivity index (χ4v) is 2.82. The number of phenols is 1. The summed E-state index contributed by atoms with van der Waals surface area (Å²) in [6.07, 6.45) is -2.12. The van der Waals surface area contributed by atoms with Gasteiger partial charge in [0.1, 0.15) is 23.5 Å². The molecule has 1 heterocycles. The van der Waals surface area contributed by atoms with E-state index in [0.717, 1.165) is 12.1 Å². The van der Waals surface area contributed by atoms with Crippen LogP contribution in [-0.2, 0) is 9.53 Å². The Hall–Kier alpha value is -2.51. The minimum Gasteiger partial charge on any atom is -0.508 e. The number of hydrogen-bond acceptors (Lipinski definition) is 4. The minimum absolute atomic E-state index is 0.0832. The lowest BCUT2D eigenvalue weighted by molar-refractivity contribution is -0.148. The minimum atomic E-state index is -1.66. The normalized spacial score (nSPS) is 18.8. The number of aromatic hydroxyl groups is 1.